The average molecular weight is 388 g/mol. The molecule has 0 aliphatic rings. The van der Waals surface area contributed by atoms with Crippen LogP contribution in [0, 0.1) is 0 Å². The summed E-state index contributed by atoms with van der Waals surface area (Å²) in [7, 11) is 1.37. The highest BCUT2D eigenvalue weighted by atomic mass is 35.5. The Morgan fingerprint density at radius 3 is 2.70 bits per heavy atom. The number of esters is 1. The van der Waals surface area contributed by atoms with Crippen LogP contribution >= 0.6 is 11.6 Å². The van der Waals surface area contributed by atoms with Gasteiger partial charge in [-0.2, -0.15) is 0 Å². The number of rotatable bonds is 7. The van der Waals surface area contributed by atoms with Gasteiger partial charge in [0.15, 0.2) is 0 Å². The number of benzene rings is 2. The van der Waals surface area contributed by atoms with Gasteiger partial charge in [-0.1, -0.05) is 23.7 Å². The lowest BCUT2D eigenvalue weighted by atomic mass is 10.0. The van der Waals surface area contributed by atoms with E-state index in [1.807, 2.05) is 31.2 Å². The van der Waals surface area contributed by atoms with Crippen LogP contribution in [-0.2, 0) is 11.2 Å². The highest BCUT2D eigenvalue weighted by molar-refractivity contribution is 6.31. The predicted octanol–water partition coefficient (Wildman–Crippen LogP) is 4.13. The maximum Gasteiger partial charge on any atom is 0.337 e. The summed E-state index contributed by atoms with van der Waals surface area (Å²) in [5, 5.41) is 16.2. The van der Waals surface area contributed by atoms with Crippen molar-refractivity contribution in [1.29, 1.82) is 0 Å². The molecule has 0 bridgehead atoms. The Kier molecular flexibility index (Phi) is 6.16. The van der Waals surface area contributed by atoms with Gasteiger partial charge >= 0.3 is 5.97 Å². The highest BCUT2D eigenvalue weighted by Crippen LogP contribution is 2.28. The molecule has 3 rings (SSSR count). The number of carbonyl (C=O) groups is 1. The molecule has 2 atom stereocenters. The van der Waals surface area contributed by atoms with Crippen molar-refractivity contribution in [3.63, 3.8) is 0 Å². The number of carbonyl (C=O) groups excluding carboxylic acids is 1. The Balaban J connectivity index is 1.56. The fourth-order valence-corrected chi connectivity index (χ4v) is 3.21. The third-order valence-electron chi connectivity index (χ3n) is 4.47. The standard InChI is InChI=1S/C21H22ClNO4/c1-13(9-14-3-5-15(6-4-14)21(25)26-2)23-11-19(24)20-18-8-7-17(22)10-16(18)12-27-20/h3-8,10,12-13,19,23-24H,9,11H2,1-2H3. The summed E-state index contributed by atoms with van der Waals surface area (Å²) in [5.74, 6) is 0.187. The number of aliphatic hydroxyl groups is 1. The molecule has 0 saturated heterocycles. The van der Waals surface area contributed by atoms with Crippen molar-refractivity contribution in [2.75, 3.05) is 13.7 Å². The van der Waals surface area contributed by atoms with Gasteiger partial charge in [-0.25, -0.2) is 4.79 Å². The van der Waals surface area contributed by atoms with Gasteiger partial charge in [-0.05, 0) is 49.2 Å². The molecule has 0 aliphatic heterocycles. The van der Waals surface area contributed by atoms with Gasteiger partial charge in [0, 0.05) is 28.4 Å². The van der Waals surface area contributed by atoms with Crippen LogP contribution in [0.15, 0.2) is 53.1 Å². The topological polar surface area (TPSA) is 71.7 Å². The lowest BCUT2D eigenvalue weighted by Crippen LogP contribution is -2.32. The fraction of sp³-hybridized carbons (Fsp3) is 0.286. The van der Waals surface area contributed by atoms with E-state index in [1.165, 1.54) is 7.11 Å². The first-order valence-corrected chi connectivity index (χ1v) is 9.11. The number of ether oxygens (including phenoxy) is 1. The summed E-state index contributed by atoms with van der Waals surface area (Å²) in [6, 6.07) is 12.9. The second-order valence-electron chi connectivity index (χ2n) is 6.55. The molecule has 0 aliphatic carbocycles. The van der Waals surface area contributed by atoms with Crippen molar-refractivity contribution >= 4 is 28.3 Å². The number of aliphatic hydroxyl groups excluding tert-OH is 1. The van der Waals surface area contributed by atoms with E-state index < -0.39 is 6.10 Å². The van der Waals surface area contributed by atoms with Gasteiger partial charge in [0.05, 0.1) is 18.9 Å². The Bertz CT molecular complexity index is 920. The van der Waals surface area contributed by atoms with Gasteiger partial charge in [-0.15, -0.1) is 0 Å². The van der Waals surface area contributed by atoms with E-state index in [4.69, 9.17) is 20.8 Å². The Labute approximate surface area is 162 Å². The minimum Gasteiger partial charge on any atom is -0.465 e. The minimum absolute atomic E-state index is 0.138. The van der Waals surface area contributed by atoms with E-state index in [2.05, 4.69) is 5.32 Å². The largest absolute Gasteiger partial charge is 0.465 e. The van der Waals surface area contributed by atoms with Crippen LogP contribution in [0.4, 0.5) is 0 Å². The number of halogens is 1. The van der Waals surface area contributed by atoms with Crippen LogP contribution in [0.1, 0.15) is 34.7 Å². The number of nitrogens with one attached hydrogen (secondary N) is 1. The fourth-order valence-electron chi connectivity index (χ4n) is 3.03. The summed E-state index contributed by atoms with van der Waals surface area (Å²) in [6.45, 7) is 2.41. The molecular formula is C21H22ClNO4. The summed E-state index contributed by atoms with van der Waals surface area (Å²) in [5.41, 5.74) is 1.62. The van der Waals surface area contributed by atoms with Gasteiger partial charge in [0.1, 0.15) is 11.9 Å². The second kappa shape index (κ2) is 8.57. The van der Waals surface area contributed by atoms with Gasteiger partial charge in [0.2, 0.25) is 0 Å². The Hall–Kier alpha value is -2.34. The van der Waals surface area contributed by atoms with Crippen LogP contribution in [0.3, 0.4) is 0 Å². The molecule has 3 aromatic rings. The van der Waals surface area contributed by atoms with Crippen molar-refractivity contribution in [2.24, 2.45) is 0 Å². The minimum atomic E-state index is -0.757. The van der Waals surface area contributed by atoms with Crippen molar-refractivity contribution in [3.05, 3.63) is 70.6 Å². The maximum atomic E-state index is 11.5. The van der Waals surface area contributed by atoms with Gasteiger partial charge in [-0.3, -0.25) is 0 Å². The molecule has 0 spiro atoms. The predicted molar refractivity (Wildman–Crippen MR) is 105 cm³/mol. The first-order valence-electron chi connectivity index (χ1n) is 8.73. The molecule has 2 unspecified atom stereocenters. The normalized spacial score (nSPS) is 13.5. The molecule has 2 N–H and O–H groups in total. The zero-order chi connectivity index (χ0) is 19.4. The molecule has 5 nitrogen and oxygen atoms in total. The number of methoxy groups -OCH3 is 1. The molecule has 142 valence electrons. The molecular weight excluding hydrogens is 366 g/mol. The number of fused-ring (bicyclic) bond motifs is 1. The molecule has 2 aromatic carbocycles. The lowest BCUT2D eigenvalue weighted by Gasteiger charge is -2.16. The quantitative estimate of drug-likeness (QED) is 0.596. The van der Waals surface area contributed by atoms with E-state index in [9.17, 15) is 9.90 Å². The van der Waals surface area contributed by atoms with Crippen LogP contribution in [0.25, 0.3) is 10.8 Å². The van der Waals surface area contributed by atoms with Crippen LogP contribution in [-0.4, -0.2) is 30.8 Å². The summed E-state index contributed by atoms with van der Waals surface area (Å²) >= 11 is 5.98. The van der Waals surface area contributed by atoms with Crippen molar-refractivity contribution < 1.29 is 19.1 Å². The van der Waals surface area contributed by atoms with Gasteiger partial charge in [0.25, 0.3) is 0 Å². The molecule has 0 amide bonds. The first-order chi connectivity index (χ1) is 13.0. The van der Waals surface area contributed by atoms with Gasteiger partial charge < -0.3 is 19.6 Å². The van der Waals surface area contributed by atoms with E-state index >= 15 is 0 Å². The van der Waals surface area contributed by atoms with Crippen molar-refractivity contribution in [2.45, 2.75) is 25.5 Å². The zero-order valence-electron chi connectivity index (χ0n) is 15.2. The molecule has 0 fully saturated rings. The third kappa shape index (κ3) is 4.69. The summed E-state index contributed by atoms with van der Waals surface area (Å²) in [4.78, 5) is 11.5. The first kappa shape index (κ1) is 19.4. The SMILES string of the molecule is COC(=O)c1ccc(CC(C)NCC(O)c2occ3cc(Cl)ccc23)cc1. The smallest absolute Gasteiger partial charge is 0.337 e. The molecule has 27 heavy (non-hydrogen) atoms. The second-order valence-corrected chi connectivity index (χ2v) is 6.99. The molecule has 1 aromatic heterocycles. The Morgan fingerprint density at radius 2 is 2.00 bits per heavy atom. The monoisotopic (exact) mass is 387 g/mol. The van der Waals surface area contributed by atoms with E-state index in [0.29, 0.717) is 22.9 Å². The summed E-state index contributed by atoms with van der Waals surface area (Å²) in [6.07, 6.45) is 1.61. The number of furan rings is 1. The molecule has 0 radical (unpaired) electrons. The van der Waals surface area contributed by atoms with Crippen molar-refractivity contribution in [3.8, 4) is 0 Å². The van der Waals surface area contributed by atoms with Crippen molar-refractivity contribution in [1.82, 2.24) is 5.32 Å². The van der Waals surface area contributed by atoms with Crippen LogP contribution < -0.4 is 5.32 Å². The average Bonchev–Trinajstić information content (AvgIpc) is 3.09. The lowest BCUT2D eigenvalue weighted by molar-refractivity contribution is 0.0600. The zero-order valence-corrected chi connectivity index (χ0v) is 16.0. The van der Waals surface area contributed by atoms with Crippen LogP contribution in [0.5, 0.6) is 0 Å². The molecule has 0 saturated carbocycles. The Morgan fingerprint density at radius 1 is 1.26 bits per heavy atom. The molecule has 6 heteroatoms. The summed E-state index contributed by atoms with van der Waals surface area (Å²) < 4.78 is 10.2. The highest BCUT2D eigenvalue weighted by Gasteiger charge is 2.17. The van der Waals surface area contributed by atoms with E-state index in [1.54, 1.807) is 24.5 Å². The number of hydrogen-bond acceptors (Lipinski definition) is 5. The van der Waals surface area contributed by atoms with E-state index in [0.717, 1.165) is 22.8 Å². The van der Waals surface area contributed by atoms with E-state index in [-0.39, 0.29) is 12.0 Å². The third-order valence-corrected chi connectivity index (χ3v) is 4.71. The maximum absolute atomic E-state index is 11.5. The molecule has 1 heterocycles. The van der Waals surface area contributed by atoms with Crippen LogP contribution in [0.2, 0.25) is 5.02 Å². The number of hydrogen-bond donors (Lipinski definition) is 2.